The fourth-order valence-corrected chi connectivity index (χ4v) is 9.36. The first-order valence-corrected chi connectivity index (χ1v) is 19.0. The maximum Gasteiger partial charge on any atom is 0.0465 e. The molecule has 2 aliphatic carbocycles. The fraction of sp³-hybridized carbons (Fsp3) is 0.0943. The zero-order valence-corrected chi connectivity index (χ0v) is 30.9. The van der Waals surface area contributed by atoms with Gasteiger partial charge in [-0.25, -0.2) is 0 Å². The molecule has 10 rings (SSSR count). The first kappa shape index (κ1) is 32.2. The van der Waals surface area contributed by atoms with Crippen LogP contribution in [0.25, 0.3) is 44.5 Å². The van der Waals surface area contributed by atoms with E-state index in [-0.39, 0.29) is 10.8 Å². The summed E-state index contributed by atoms with van der Waals surface area (Å²) in [5.41, 5.74) is 19.9. The number of fused-ring (bicyclic) bond motifs is 6. The lowest BCUT2D eigenvalue weighted by Crippen LogP contribution is -2.23. The van der Waals surface area contributed by atoms with Gasteiger partial charge in [-0.1, -0.05) is 172 Å². The molecule has 1 atom stereocenters. The van der Waals surface area contributed by atoms with Crippen molar-refractivity contribution >= 4 is 17.1 Å². The number of rotatable bonds is 6. The molecule has 0 saturated carbocycles. The van der Waals surface area contributed by atoms with E-state index in [9.17, 15) is 0 Å². The second-order valence-electron chi connectivity index (χ2n) is 15.5. The van der Waals surface area contributed by atoms with Crippen molar-refractivity contribution in [3.8, 4) is 44.5 Å². The Morgan fingerprint density at radius 3 is 1.54 bits per heavy atom. The van der Waals surface area contributed by atoms with E-state index in [1.807, 2.05) is 0 Å². The van der Waals surface area contributed by atoms with Crippen LogP contribution in [-0.2, 0) is 10.8 Å². The number of hydrogen-bond donors (Lipinski definition) is 0. The van der Waals surface area contributed by atoms with Crippen LogP contribution in [0.5, 0.6) is 0 Å². The highest BCUT2D eigenvalue weighted by Gasteiger charge is 2.42. The Kier molecular flexibility index (Phi) is 7.35. The molecule has 0 amide bonds. The summed E-state index contributed by atoms with van der Waals surface area (Å²) >= 11 is 0. The monoisotopic (exact) mass is 691 g/mol. The molecule has 0 spiro atoms. The molecule has 0 radical (unpaired) electrons. The zero-order chi connectivity index (χ0) is 36.4. The molecule has 0 aliphatic heterocycles. The fourth-order valence-electron chi connectivity index (χ4n) is 9.36. The quantitative estimate of drug-likeness (QED) is 0.168. The second kappa shape index (κ2) is 12.3. The van der Waals surface area contributed by atoms with Crippen molar-refractivity contribution in [2.24, 2.45) is 0 Å². The second-order valence-corrected chi connectivity index (χ2v) is 15.5. The largest absolute Gasteiger partial charge is 0.310 e. The van der Waals surface area contributed by atoms with Crippen molar-refractivity contribution in [3.05, 3.63) is 222 Å². The Labute approximate surface area is 318 Å². The van der Waals surface area contributed by atoms with Crippen molar-refractivity contribution in [1.82, 2.24) is 0 Å². The van der Waals surface area contributed by atoms with Gasteiger partial charge in [-0.15, -0.1) is 0 Å². The molecule has 0 aromatic heterocycles. The molecular weight excluding hydrogens is 651 g/mol. The third-order valence-corrected chi connectivity index (χ3v) is 12.2. The molecule has 0 bridgehead atoms. The van der Waals surface area contributed by atoms with E-state index in [1.165, 1.54) is 72.3 Å². The Bertz CT molecular complexity index is 2670. The van der Waals surface area contributed by atoms with E-state index < -0.39 is 0 Å². The zero-order valence-electron chi connectivity index (χ0n) is 30.9. The van der Waals surface area contributed by atoms with Crippen LogP contribution in [0.2, 0.25) is 0 Å². The van der Waals surface area contributed by atoms with Crippen molar-refractivity contribution in [3.63, 3.8) is 0 Å². The summed E-state index contributed by atoms with van der Waals surface area (Å²) in [6, 6.07) is 71.6. The Hall–Kier alpha value is -6.44. The molecule has 0 heterocycles. The number of benzene rings is 8. The normalized spacial score (nSPS) is 15.9. The molecular formula is C53H41N. The van der Waals surface area contributed by atoms with Crippen LogP contribution in [0, 0.1) is 0 Å². The van der Waals surface area contributed by atoms with Crippen molar-refractivity contribution in [2.75, 3.05) is 4.90 Å². The summed E-state index contributed by atoms with van der Waals surface area (Å²) in [4.78, 5) is 2.46. The third-order valence-electron chi connectivity index (χ3n) is 12.2. The van der Waals surface area contributed by atoms with E-state index in [4.69, 9.17) is 0 Å². The van der Waals surface area contributed by atoms with Crippen molar-refractivity contribution in [2.45, 2.75) is 31.6 Å². The lowest BCUT2D eigenvalue weighted by Gasteiger charge is -2.31. The van der Waals surface area contributed by atoms with Crippen LogP contribution in [0.4, 0.5) is 17.1 Å². The van der Waals surface area contributed by atoms with Gasteiger partial charge in [-0.2, -0.15) is 0 Å². The Morgan fingerprint density at radius 1 is 0.333 bits per heavy atom. The molecule has 0 fully saturated rings. The maximum atomic E-state index is 2.47. The van der Waals surface area contributed by atoms with Gasteiger partial charge in [0.2, 0.25) is 0 Å². The lowest BCUT2D eigenvalue weighted by atomic mass is 9.74. The molecule has 8 aromatic rings. The molecule has 54 heavy (non-hydrogen) atoms. The van der Waals surface area contributed by atoms with Gasteiger partial charge in [-0.05, 0) is 116 Å². The topological polar surface area (TPSA) is 3.24 Å². The predicted octanol–water partition coefficient (Wildman–Crippen LogP) is 14.1. The number of anilines is 3. The van der Waals surface area contributed by atoms with Gasteiger partial charge < -0.3 is 4.90 Å². The highest BCUT2D eigenvalue weighted by molar-refractivity contribution is 5.95. The molecule has 258 valence electrons. The molecule has 1 nitrogen and oxygen atoms in total. The van der Waals surface area contributed by atoms with Crippen LogP contribution in [0.3, 0.4) is 0 Å². The van der Waals surface area contributed by atoms with E-state index >= 15 is 0 Å². The average Bonchev–Trinajstić information content (AvgIpc) is 3.63. The molecule has 1 unspecified atom stereocenters. The minimum Gasteiger partial charge on any atom is -0.310 e. The van der Waals surface area contributed by atoms with E-state index in [0.717, 1.165) is 17.1 Å². The van der Waals surface area contributed by atoms with Gasteiger partial charge in [0.05, 0.1) is 0 Å². The van der Waals surface area contributed by atoms with E-state index in [2.05, 4.69) is 220 Å². The summed E-state index contributed by atoms with van der Waals surface area (Å²) in [5.74, 6) is 0. The minimum atomic E-state index is -0.350. The summed E-state index contributed by atoms with van der Waals surface area (Å²) < 4.78 is 0. The summed E-state index contributed by atoms with van der Waals surface area (Å²) in [6.45, 7) is 7.14. The first-order valence-electron chi connectivity index (χ1n) is 19.0. The first-order chi connectivity index (χ1) is 26.4. The minimum absolute atomic E-state index is 0.107. The Balaban J connectivity index is 1.19. The number of nitrogens with zero attached hydrogens (tertiary/aromatic N) is 1. The summed E-state index contributed by atoms with van der Waals surface area (Å²) in [6.07, 6.45) is 0. The summed E-state index contributed by atoms with van der Waals surface area (Å²) in [5, 5.41) is 0. The van der Waals surface area contributed by atoms with Crippen LogP contribution in [-0.4, -0.2) is 0 Å². The highest BCUT2D eigenvalue weighted by atomic mass is 15.1. The van der Waals surface area contributed by atoms with Gasteiger partial charge >= 0.3 is 0 Å². The van der Waals surface area contributed by atoms with E-state index in [1.54, 1.807) is 0 Å². The van der Waals surface area contributed by atoms with Gasteiger partial charge in [0, 0.05) is 27.9 Å². The third kappa shape index (κ3) is 4.85. The molecule has 0 saturated heterocycles. The molecule has 8 aromatic carbocycles. The SMILES string of the molecule is CC1(C)c2ccccc2-c2ccc(N(c3ccc(-c4ccccc4)cc3)c3ccc4c(c3)C(C)(c3ccccc3)c3cccc(-c5ccccc5)c3-4)cc21. The standard InChI is InChI=1S/C53H41N/c1-52(2)47-24-14-13-22-44(47)45-32-30-41(34-49(45)52)54(40-28-26-37(27-29-40)36-16-7-4-8-17-36)42-31-33-46-50(35-42)53(3,39-20-11-6-12-21-39)48-25-15-23-43(51(46)48)38-18-9-5-10-19-38/h4-35H,1-3H3. The predicted molar refractivity (Wildman–Crippen MR) is 227 cm³/mol. The Morgan fingerprint density at radius 2 is 0.833 bits per heavy atom. The smallest absolute Gasteiger partial charge is 0.0465 e. The van der Waals surface area contributed by atoms with Gasteiger partial charge in [-0.3, -0.25) is 0 Å². The van der Waals surface area contributed by atoms with Gasteiger partial charge in [0.1, 0.15) is 0 Å². The highest BCUT2D eigenvalue weighted by Crippen LogP contribution is 2.57. The molecule has 0 N–H and O–H groups in total. The van der Waals surface area contributed by atoms with Crippen LogP contribution < -0.4 is 4.90 Å². The molecule has 2 aliphatic rings. The average molecular weight is 692 g/mol. The van der Waals surface area contributed by atoms with Gasteiger partial charge in [0.25, 0.3) is 0 Å². The molecule has 1 heteroatoms. The van der Waals surface area contributed by atoms with Crippen molar-refractivity contribution < 1.29 is 0 Å². The van der Waals surface area contributed by atoms with E-state index in [0.29, 0.717) is 0 Å². The van der Waals surface area contributed by atoms with Crippen LogP contribution in [0.15, 0.2) is 194 Å². The van der Waals surface area contributed by atoms with Crippen molar-refractivity contribution in [1.29, 1.82) is 0 Å². The van der Waals surface area contributed by atoms with Crippen LogP contribution >= 0.6 is 0 Å². The maximum absolute atomic E-state index is 2.47. The van der Waals surface area contributed by atoms with Gasteiger partial charge in [0.15, 0.2) is 0 Å². The number of hydrogen-bond acceptors (Lipinski definition) is 1. The van der Waals surface area contributed by atoms with Crippen LogP contribution in [0.1, 0.15) is 48.6 Å². The lowest BCUT2D eigenvalue weighted by molar-refractivity contribution is 0.660. The summed E-state index contributed by atoms with van der Waals surface area (Å²) in [7, 11) is 0.